The van der Waals surface area contributed by atoms with Gasteiger partial charge in [-0.3, -0.25) is 4.79 Å². The average Bonchev–Trinajstić information content (AvgIpc) is 3.11. The van der Waals surface area contributed by atoms with E-state index in [-0.39, 0.29) is 11.9 Å². The molecule has 0 radical (unpaired) electrons. The molecule has 0 spiro atoms. The van der Waals surface area contributed by atoms with Gasteiger partial charge in [0.25, 0.3) is 10.2 Å². The van der Waals surface area contributed by atoms with E-state index in [4.69, 9.17) is 0 Å². The lowest BCUT2D eigenvalue weighted by molar-refractivity contribution is -0.137. The van der Waals surface area contributed by atoms with Gasteiger partial charge in [-0.05, 0) is 24.4 Å². The van der Waals surface area contributed by atoms with Crippen LogP contribution in [0.5, 0.6) is 0 Å². The van der Waals surface area contributed by atoms with Gasteiger partial charge in [0, 0.05) is 38.1 Å². The van der Waals surface area contributed by atoms with Gasteiger partial charge in [0.05, 0.1) is 6.04 Å². The molecule has 2 unspecified atom stereocenters. The van der Waals surface area contributed by atoms with Crippen LogP contribution in [0.3, 0.4) is 0 Å². The van der Waals surface area contributed by atoms with E-state index in [1.165, 1.54) is 22.7 Å². The zero-order valence-corrected chi connectivity index (χ0v) is 15.6. The first-order valence-corrected chi connectivity index (χ1v) is 10.5. The summed E-state index contributed by atoms with van der Waals surface area (Å²) in [5.74, 6) is -0.0834. The highest BCUT2D eigenvalue weighted by Gasteiger charge is 2.42. The topological polar surface area (TPSA) is 73.0 Å². The van der Waals surface area contributed by atoms with Crippen LogP contribution in [0.2, 0.25) is 0 Å². The normalized spacial score (nSPS) is 28.8. The van der Waals surface area contributed by atoms with Crippen molar-refractivity contribution < 1.29 is 13.2 Å². The Morgan fingerprint density at radius 2 is 2.04 bits per heavy atom. The van der Waals surface area contributed by atoms with Gasteiger partial charge in [-0.1, -0.05) is 13.0 Å². The Labute approximate surface area is 147 Å². The molecule has 24 heavy (non-hydrogen) atoms. The molecule has 7 nitrogen and oxygen atoms in total. The third-order valence-electron chi connectivity index (χ3n) is 4.87. The van der Waals surface area contributed by atoms with Crippen LogP contribution in [0, 0.1) is 0 Å². The van der Waals surface area contributed by atoms with Gasteiger partial charge in [-0.25, -0.2) is 0 Å². The Balaban J connectivity index is 1.76. The number of hydrogen-bond acceptors (Lipinski definition) is 5. The third kappa shape index (κ3) is 3.50. The Hall–Kier alpha value is -1.00. The number of likely N-dealkylation sites (N-methyl/N-ethyl adjacent to an activating group) is 2. The number of rotatable bonds is 3. The second kappa shape index (κ2) is 7.09. The molecule has 2 atom stereocenters. The molecule has 9 heteroatoms. The number of carbonyl (C=O) groups excluding carboxylic acids is 1. The Bertz CT molecular complexity index is 669. The molecule has 0 bridgehead atoms. The van der Waals surface area contributed by atoms with Crippen molar-refractivity contribution in [1.29, 1.82) is 0 Å². The Kier molecular flexibility index (Phi) is 5.26. The van der Waals surface area contributed by atoms with E-state index in [1.54, 1.807) is 4.90 Å². The van der Waals surface area contributed by atoms with Crippen molar-refractivity contribution in [1.82, 2.24) is 18.8 Å². The maximum Gasteiger partial charge on any atom is 0.280 e. The van der Waals surface area contributed by atoms with Crippen molar-refractivity contribution in [3.8, 4) is 0 Å². The Morgan fingerprint density at radius 1 is 1.33 bits per heavy atom. The van der Waals surface area contributed by atoms with Gasteiger partial charge in [0.2, 0.25) is 5.91 Å². The van der Waals surface area contributed by atoms with Gasteiger partial charge in [-0.2, -0.15) is 17.4 Å². The fraction of sp³-hybridized carbons (Fsp3) is 0.667. The molecule has 1 aromatic heterocycles. The first kappa shape index (κ1) is 17.8. The number of amides is 1. The fourth-order valence-electron chi connectivity index (χ4n) is 3.27. The first-order valence-electron chi connectivity index (χ1n) is 8.22. The zero-order chi connectivity index (χ0) is 17.3. The largest absolute Gasteiger partial charge is 0.339 e. The molecule has 1 aromatic rings. The summed E-state index contributed by atoms with van der Waals surface area (Å²) in [4.78, 5) is 18.0. The van der Waals surface area contributed by atoms with E-state index in [0.717, 1.165) is 24.5 Å². The molecule has 3 heterocycles. The van der Waals surface area contributed by atoms with Gasteiger partial charge >= 0.3 is 0 Å². The van der Waals surface area contributed by atoms with Crippen LogP contribution in [-0.2, 0) is 15.0 Å². The Morgan fingerprint density at radius 3 is 2.62 bits per heavy atom. The van der Waals surface area contributed by atoms with Gasteiger partial charge in [0.15, 0.2) is 0 Å². The molecule has 3 rings (SSSR count). The van der Waals surface area contributed by atoms with E-state index in [2.05, 4.69) is 16.5 Å². The molecule has 2 saturated heterocycles. The zero-order valence-electron chi connectivity index (χ0n) is 14.0. The highest BCUT2D eigenvalue weighted by atomic mass is 32.2. The van der Waals surface area contributed by atoms with Crippen LogP contribution in [0.1, 0.15) is 24.3 Å². The minimum absolute atomic E-state index is 0.0834. The summed E-state index contributed by atoms with van der Waals surface area (Å²) in [6.07, 6.45) is 0.461. The maximum atomic E-state index is 12.9. The van der Waals surface area contributed by atoms with Crippen LogP contribution in [-0.4, -0.2) is 74.2 Å². The highest BCUT2D eigenvalue weighted by Crippen LogP contribution is 2.31. The number of thiophene rings is 1. The summed E-state index contributed by atoms with van der Waals surface area (Å²) < 4.78 is 28.7. The molecule has 2 aliphatic heterocycles. The molecule has 134 valence electrons. The molecule has 2 aliphatic rings. The van der Waals surface area contributed by atoms with E-state index in [1.807, 2.05) is 17.5 Å². The molecule has 0 aliphatic carbocycles. The smallest absolute Gasteiger partial charge is 0.280 e. The molecule has 2 fully saturated rings. The second-order valence-electron chi connectivity index (χ2n) is 6.22. The SMILES string of the molecule is CCN1CCN(C(=O)C2CC(c3cccs3)NS(=O)(=O)N2C)CC1. The monoisotopic (exact) mass is 372 g/mol. The number of nitrogens with one attached hydrogen (secondary N) is 1. The summed E-state index contributed by atoms with van der Waals surface area (Å²) in [7, 11) is -2.17. The van der Waals surface area contributed by atoms with Crippen molar-refractivity contribution in [2.24, 2.45) is 0 Å². The van der Waals surface area contributed by atoms with Crippen molar-refractivity contribution in [2.75, 3.05) is 39.8 Å². The molecule has 1 amide bonds. The minimum atomic E-state index is -3.65. The van der Waals surface area contributed by atoms with Crippen LogP contribution < -0.4 is 4.72 Å². The number of carbonyl (C=O) groups is 1. The van der Waals surface area contributed by atoms with Crippen molar-refractivity contribution in [3.63, 3.8) is 0 Å². The lowest BCUT2D eigenvalue weighted by Gasteiger charge is -2.40. The predicted molar refractivity (Wildman–Crippen MR) is 94.0 cm³/mol. The van der Waals surface area contributed by atoms with Gasteiger partial charge in [0.1, 0.15) is 6.04 Å². The lowest BCUT2D eigenvalue weighted by Crippen LogP contribution is -2.60. The first-order chi connectivity index (χ1) is 11.4. The summed E-state index contributed by atoms with van der Waals surface area (Å²) in [5, 5.41) is 1.92. The van der Waals surface area contributed by atoms with E-state index >= 15 is 0 Å². The van der Waals surface area contributed by atoms with E-state index < -0.39 is 16.3 Å². The third-order valence-corrected chi connectivity index (χ3v) is 7.45. The molecular weight excluding hydrogens is 348 g/mol. The molecule has 0 saturated carbocycles. The second-order valence-corrected chi connectivity index (χ2v) is 8.96. The van der Waals surface area contributed by atoms with Crippen LogP contribution >= 0.6 is 11.3 Å². The fourth-order valence-corrected chi connectivity index (χ4v) is 5.39. The van der Waals surface area contributed by atoms with Gasteiger partial charge in [-0.15, -0.1) is 11.3 Å². The summed E-state index contributed by atoms with van der Waals surface area (Å²) in [5.41, 5.74) is 0. The lowest BCUT2D eigenvalue weighted by atomic mass is 10.0. The summed E-state index contributed by atoms with van der Waals surface area (Å²) in [6, 6.07) is 2.83. The summed E-state index contributed by atoms with van der Waals surface area (Å²) in [6.45, 7) is 6.10. The van der Waals surface area contributed by atoms with Crippen LogP contribution in [0.4, 0.5) is 0 Å². The number of nitrogens with zero attached hydrogens (tertiary/aromatic N) is 3. The molecular formula is C15H24N4O3S2. The van der Waals surface area contributed by atoms with E-state index in [9.17, 15) is 13.2 Å². The standard InChI is InChI=1S/C15H24N4O3S2/c1-3-18-6-8-19(9-7-18)15(20)13-11-12(14-5-4-10-23-14)16-24(21,22)17(13)2/h4-5,10,12-13,16H,3,6-9,11H2,1-2H3. The van der Waals surface area contributed by atoms with Crippen LogP contribution in [0.15, 0.2) is 17.5 Å². The average molecular weight is 373 g/mol. The van der Waals surface area contributed by atoms with Crippen molar-refractivity contribution in [2.45, 2.75) is 25.4 Å². The van der Waals surface area contributed by atoms with E-state index in [0.29, 0.717) is 19.5 Å². The highest BCUT2D eigenvalue weighted by molar-refractivity contribution is 7.87. The number of piperazine rings is 1. The van der Waals surface area contributed by atoms with Crippen molar-refractivity contribution >= 4 is 27.5 Å². The maximum absolute atomic E-state index is 12.9. The van der Waals surface area contributed by atoms with Crippen molar-refractivity contribution in [3.05, 3.63) is 22.4 Å². The number of hydrogen-bond donors (Lipinski definition) is 1. The van der Waals surface area contributed by atoms with Gasteiger partial charge < -0.3 is 9.80 Å². The quantitative estimate of drug-likeness (QED) is 0.838. The molecule has 0 aromatic carbocycles. The summed E-state index contributed by atoms with van der Waals surface area (Å²) >= 11 is 1.51. The predicted octanol–water partition coefficient (Wildman–Crippen LogP) is 0.492. The van der Waals surface area contributed by atoms with Crippen LogP contribution in [0.25, 0.3) is 0 Å². The molecule has 1 N–H and O–H groups in total. The minimum Gasteiger partial charge on any atom is -0.339 e.